The van der Waals surface area contributed by atoms with Gasteiger partial charge < -0.3 is 14.7 Å². The predicted octanol–water partition coefficient (Wildman–Crippen LogP) is 1.59. The van der Waals surface area contributed by atoms with Gasteiger partial charge in [0.1, 0.15) is 5.60 Å². The molecule has 5 heteroatoms. The van der Waals surface area contributed by atoms with Crippen LogP contribution in [0, 0.1) is 0 Å². The predicted molar refractivity (Wildman–Crippen MR) is 75.5 cm³/mol. The van der Waals surface area contributed by atoms with E-state index in [0.29, 0.717) is 18.1 Å². The molecule has 0 aromatic carbocycles. The summed E-state index contributed by atoms with van der Waals surface area (Å²) in [7, 11) is 0. The lowest BCUT2D eigenvalue weighted by Crippen LogP contribution is -2.61. The van der Waals surface area contributed by atoms with Gasteiger partial charge in [-0.15, -0.1) is 0 Å². The number of amides is 1. The molecule has 2 atom stereocenters. The molecule has 3 aliphatic rings. The molecular formula is C15H26N2O3. The van der Waals surface area contributed by atoms with Crippen LogP contribution < -0.4 is 0 Å². The van der Waals surface area contributed by atoms with E-state index in [1.807, 2.05) is 25.7 Å². The summed E-state index contributed by atoms with van der Waals surface area (Å²) in [5, 5.41) is 9.50. The quantitative estimate of drug-likeness (QED) is 0.793. The van der Waals surface area contributed by atoms with Crippen molar-refractivity contribution in [2.24, 2.45) is 0 Å². The van der Waals surface area contributed by atoms with E-state index in [0.717, 1.165) is 38.8 Å². The number of carbonyl (C=O) groups is 1. The van der Waals surface area contributed by atoms with E-state index < -0.39 is 5.60 Å². The summed E-state index contributed by atoms with van der Waals surface area (Å²) in [6, 6.07) is 1.45. The van der Waals surface area contributed by atoms with Gasteiger partial charge in [0.05, 0.1) is 6.10 Å². The van der Waals surface area contributed by atoms with Crippen LogP contribution in [-0.4, -0.2) is 63.9 Å². The first kappa shape index (κ1) is 14.1. The first-order valence-corrected chi connectivity index (χ1v) is 7.77. The van der Waals surface area contributed by atoms with Gasteiger partial charge in [-0.3, -0.25) is 4.90 Å². The highest BCUT2D eigenvalue weighted by molar-refractivity contribution is 5.68. The van der Waals surface area contributed by atoms with Gasteiger partial charge in [0.15, 0.2) is 0 Å². The molecule has 114 valence electrons. The fourth-order valence-corrected chi connectivity index (χ4v) is 3.81. The molecule has 20 heavy (non-hydrogen) atoms. The number of carbonyl (C=O) groups excluding carboxylic acids is 1. The number of fused-ring (bicyclic) bond motifs is 2. The standard InChI is InChI=1S/C15H26N2O3/c1-15(2,3)20-14(19)16-8-10-4-5-11(9-16)17(10)12-6-13(18)7-12/h10-13,18H,4-9H2,1-3H3. The summed E-state index contributed by atoms with van der Waals surface area (Å²) in [5.41, 5.74) is -0.425. The van der Waals surface area contributed by atoms with Crippen LogP contribution in [0.25, 0.3) is 0 Å². The second-order valence-electron chi connectivity index (χ2n) is 7.50. The fourth-order valence-electron chi connectivity index (χ4n) is 3.81. The van der Waals surface area contributed by atoms with Gasteiger partial charge in [0.2, 0.25) is 0 Å². The number of nitrogens with zero attached hydrogens (tertiary/aromatic N) is 2. The summed E-state index contributed by atoms with van der Waals surface area (Å²) in [5.74, 6) is 0. The zero-order valence-corrected chi connectivity index (χ0v) is 12.7. The lowest BCUT2D eigenvalue weighted by atomic mass is 9.86. The van der Waals surface area contributed by atoms with Crippen LogP contribution in [0.4, 0.5) is 4.79 Å². The maximum atomic E-state index is 12.2. The third-order valence-electron chi connectivity index (χ3n) is 4.70. The number of likely N-dealkylation sites (tertiary alicyclic amines) is 1. The zero-order chi connectivity index (χ0) is 14.5. The van der Waals surface area contributed by atoms with Crippen molar-refractivity contribution in [2.75, 3.05) is 13.1 Å². The van der Waals surface area contributed by atoms with Crippen molar-refractivity contribution in [1.82, 2.24) is 9.80 Å². The molecule has 2 unspecified atom stereocenters. The Morgan fingerprint density at radius 2 is 1.65 bits per heavy atom. The van der Waals surface area contributed by atoms with Crippen LogP contribution in [0.5, 0.6) is 0 Å². The van der Waals surface area contributed by atoms with Crippen molar-refractivity contribution in [1.29, 1.82) is 0 Å². The van der Waals surface area contributed by atoms with Crippen LogP contribution in [0.15, 0.2) is 0 Å². The van der Waals surface area contributed by atoms with E-state index in [1.165, 1.54) is 0 Å². The number of aliphatic hydroxyl groups is 1. The van der Waals surface area contributed by atoms with E-state index in [2.05, 4.69) is 4.90 Å². The van der Waals surface area contributed by atoms with Crippen molar-refractivity contribution in [3.05, 3.63) is 0 Å². The van der Waals surface area contributed by atoms with Crippen LogP contribution in [0.2, 0.25) is 0 Å². The minimum absolute atomic E-state index is 0.108. The molecule has 0 spiro atoms. The highest BCUT2D eigenvalue weighted by atomic mass is 16.6. The van der Waals surface area contributed by atoms with Crippen LogP contribution in [0.3, 0.4) is 0 Å². The van der Waals surface area contributed by atoms with Crippen molar-refractivity contribution in [3.63, 3.8) is 0 Å². The van der Waals surface area contributed by atoms with Gasteiger partial charge in [0.25, 0.3) is 0 Å². The molecule has 1 amide bonds. The van der Waals surface area contributed by atoms with Crippen LogP contribution in [0.1, 0.15) is 46.5 Å². The molecule has 2 saturated heterocycles. The molecule has 2 aliphatic heterocycles. The second kappa shape index (κ2) is 4.88. The Morgan fingerprint density at radius 1 is 1.10 bits per heavy atom. The maximum Gasteiger partial charge on any atom is 0.410 e. The Labute approximate surface area is 120 Å². The number of aliphatic hydroxyl groups excluding tert-OH is 1. The minimum atomic E-state index is -0.425. The molecule has 1 saturated carbocycles. The Hall–Kier alpha value is -0.810. The molecule has 3 fully saturated rings. The number of piperazine rings is 1. The van der Waals surface area contributed by atoms with Crippen molar-refractivity contribution in [3.8, 4) is 0 Å². The van der Waals surface area contributed by atoms with E-state index in [1.54, 1.807) is 0 Å². The highest BCUT2D eigenvalue weighted by Gasteiger charge is 2.47. The first-order chi connectivity index (χ1) is 9.33. The molecule has 2 bridgehead atoms. The summed E-state index contributed by atoms with van der Waals surface area (Å²) in [6.45, 7) is 7.28. The Balaban J connectivity index is 1.60. The molecule has 1 aliphatic carbocycles. The Kier molecular flexibility index (Phi) is 3.45. The summed E-state index contributed by atoms with van der Waals surface area (Å²) in [6.07, 6.45) is 3.84. The molecule has 5 nitrogen and oxygen atoms in total. The van der Waals surface area contributed by atoms with Gasteiger partial charge in [0, 0.05) is 31.2 Å². The third-order valence-corrected chi connectivity index (χ3v) is 4.70. The van der Waals surface area contributed by atoms with E-state index in [-0.39, 0.29) is 12.2 Å². The lowest BCUT2D eigenvalue weighted by Gasteiger charge is -2.49. The third kappa shape index (κ3) is 2.66. The largest absolute Gasteiger partial charge is 0.444 e. The van der Waals surface area contributed by atoms with Gasteiger partial charge in [-0.25, -0.2) is 4.79 Å². The topological polar surface area (TPSA) is 53.0 Å². The van der Waals surface area contributed by atoms with Gasteiger partial charge >= 0.3 is 6.09 Å². The maximum absolute atomic E-state index is 12.2. The van der Waals surface area contributed by atoms with E-state index in [4.69, 9.17) is 4.74 Å². The number of ether oxygens (including phenoxy) is 1. The average molecular weight is 282 g/mol. The van der Waals surface area contributed by atoms with Crippen molar-refractivity contribution >= 4 is 6.09 Å². The lowest BCUT2D eigenvalue weighted by molar-refractivity contribution is -0.0539. The SMILES string of the molecule is CC(C)(C)OC(=O)N1CC2CCC(C1)N2C1CC(O)C1. The minimum Gasteiger partial charge on any atom is -0.444 e. The number of hydrogen-bond acceptors (Lipinski definition) is 4. The zero-order valence-electron chi connectivity index (χ0n) is 12.7. The normalized spacial score (nSPS) is 37.7. The van der Waals surface area contributed by atoms with Gasteiger partial charge in [-0.05, 0) is 46.5 Å². The molecule has 0 aromatic rings. The second-order valence-corrected chi connectivity index (χ2v) is 7.50. The van der Waals surface area contributed by atoms with Crippen molar-refractivity contribution in [2.45, 2.75) is 76.3 Å². The molecule has 3 rings (SSSR count). The molecule has 2 heterocycles. The Morgan fingerprint density at radius 3 is 2.10 bits per heavy atom. The number of hydrogen-bond donors (Lipinski definition) is 1. The molecule has 0 radical (unpaired) electrons. The van der Waals surface area contributed by atoms with E-state index in [9.17, 15) is 9.90 Å². The van der Waals surface area contributed by atoms with Gasteiger partial charge in [-0.2, -0.15) is 0 Å². The average Bonchev–Trinajstić information content (AvgIpc) is 2.53. The Bertz CT molecular complexity index is 373. The van der Waals surface area contributed by atoms with Crippen LogP contribution in [-0.2, 0) is 4.74 Å². The summed E-state index contributed by atoms with van der Waals surface area (Å²) in [4.78, 5) is 16.6. The van der Waals surface area contributed by atoms with E-state index >= 15 is 0 Å². The highest BCUT2D eigenvalue weighted by Crippen LogP contribution is 2.38. The van der Waals surface area contributed by atoms with Crippen molar-refractivity contribution < 1.29 is 14.6 Å². The summed E-state index contributed by atoms with van der Waals surface area (Å²) < 4.78 is 5.48. The number of rotatable bonds is 1. The molecular weight excluding hydrogens is 256 g/mol. The first-order valence-electron chi connectivity index (χ1n) is 7.77. The monoisotopic (exact) mass is 282 g/mol. The molecule has 1 N–H and O–H groups in total. The summed E-state index contributed by atoms with van der Waals surface area (Å²) >= 11 is 0. The van der Waals surface area contributed by atoms with Gasteiger partial charge in [-0.1, -0.05) is 0 Å². The van der Waals surface area contributed by atoms with Crippen LogP contribution >= 0.6 is 0 Å². The smallest absolute Gasteiger partial charge is 0.410 e. The fraction of sp³-hybridized carbons (Fsp3) is 0.933. The molecule has 0 aromatic heterocycles.